The van der Waals surface area contributed by atoms with Crippen molar-refractivity contribution in [2.45, 2.75) is 23.9 Å². The summed E-state index contributed by atoms with van der Waals surface area (Å²) in [6, 6.07) is 11.0. The molecule has 0 saturated heterocycles. The van der Waals surface area contributed by atoms with Crippen molar-refractivity contribution in [3.63, 3.8) is 0 Å². The molecule has 1 aromatic carbocycles. The number of benzene rings is 1. The van der Waals surface area contributed by atoms with Crippen LogP contribution in [0.25, 0.3) is 0 Å². The van der Waals surface area contributed by atoms with Crippen LogP contribution in [-0.4, -0.2) is 21.1 Å². The van der Waals surface area contributed by atoms with Crippen molar-refractivity contribution in [1.29, 1.82) is 0 Å². The number of aromatic nitrogens is 2. The molecule has 104 valence electrons. The summed E-state index contributed by atoms with van der Waals surface area (Å²) in [5, 5.41) is 2.97. The third kappa shape index (κ3) is 4.24. The van der Waals surface area contributed by atoms with E-state index in [1.807, 2.05) is 30.3 Å². The number of amides is 1. The summed E-state index contributed by atoms with van der Waals surface area (Å²) in [5.41, 5.74) is 0.823. The maximum atomic E-state index is 12.0. The highest BCUT2D eigenvalue weighted by Crippen LogP contribution is 2.17. The molecule has 5 nitrogen and oxygen atoms in total. The van der Waals surface area contributed by atoms with Gasteiger partial charge in [0.15, 0.2) is 5.16 Å². The van der Waals surface area contributed by atoms with Gasteiger partial charge in [0.05, 0.1) is 5.25 Å². The van der Waals surface area contributed by atoms with Crippen molar-refractivity contribution in [3.05, 3.63) is 58.5 Å². The van der Waals surface area contributed by atoms with Gasteiger partial charge in [0, 0.05) is 18.8 Å². The van der Waals surface area contributed by atoms with E-state index in [-0.39, 0.29) is 16.7 Å². The second-order valence-corrected chi connectivity index (χ2v) is 5.53. The van der Waals surface area contributed by atoms with E-state index in [1.54, 1.807) is 6.92 Å². The first-order valence-electron chi connectivity index (χ1n) is 6.19. The van der Waals surface area contributed by atoms with Crippen molar-refractivity contribution < 1.29 is 4.79 Å². The van der Waals surface area contributed by atoms with Crippen molar-refractivity contribution in [2.75, 3.05) is 0 Å². The molecule has 2 aromatic rings. The van der Waals surface area contributed by atoms with Crippen molar-refractivity contribution in [2.24, 2.45) is 0 Å². The fourth-order valence-electron chi connectivity index (χ4n) is 1.56. The topological polar surface area (TPSA) is 74.8 Å². The minimum absolute atomic E-state index is 0.0923. The zero-order valence-electron chi connectivity index (χ0n) is 11.0. The molecule has 0 fully saturated rings. The molecule has 1 aromatic heterocycles. The van der Waals surface area contributed by atoms with Crippen LogP contribution in [0.2, 0.25) is 0 Å². The lowest BCUT2D eigenvalue weighted by Crippen LogP contribution is -2.30. The molecule has 1 atom stereocenters. The summed E-state index contributed by atoms with van der Waals surface area (Å²) in [6.07, 6.45) is 1.43. The summed E-state index contributed by atoms with van der Waals surface area (Å²) < 4.78 is 0. The van der Waals surface area contributed by atoms with Gasteiger partial charge in [0.25, 0.3) is 5.56 Å². The highest BCUT2D eigenvalue weighted by molar-refractivity contribution is 8.00. The minimum Gasteiger partial charge on any atom is -0.351 e. The molecular formula is C14H15N3O2S. The first-order valence-corrected chi connectivity index (χ1v) is 7.07. The first kappa shape index (κ1) is 14.3. The van der Waals surface area contributed by atoms with E-state index in [2.05, 4.69) is 15.3 Å². The van der Waals surface area contributed by atoms with E-state index in [0.29, 0.717) is 11.7 Å². The molecule has 0 aliphatic rings. The van der Waals surface area contributed by atoms with Crippen molar-refractivity contribution in [3.8, 4) is 0 Å². The van der Waals surface area contributed by atoms with Crippen LogP contribution in [0.1, 0.15) is 12.5 Å². The summed E-state index contributed by atoms with van der Waals surface area (Å²) >= 11 is 1.22. The van der Waals surface area contributed by atoms with E-state index >= 15 is 0 Å². The summed E-state index contributed by atoms with van der Waals surface area (Å²) in [6.45, 7) is 2.27. The lowest BCUT2D eigenvalue weighted by atomic mass is 10.2. The molecular weight excluding hydrogens is 274 g/mol. The molecule has 0 radical (unpaired) electrons. The molecule has 0 aliphatic heterocycles. The second-order valence-electron chi connectivity index (χ2n) is 4.20. The lowest BCUT2D eigenvalue weighted by Gasteiger charge is -2.11. The van der Waals surface area contributed by atoms with E-state index in [1.165, 1.54) is 24.0 Å². The molecule has 20 heavy (non-hydrogen) atoms. The van der Waals surface area contributed by atoms with Gasteiger partial charge >= 0.3 is 0 Å². The summed E-state index contributed by atoms with van der Waals surface area (Å²) in [7, 11) is 0. The SMILES string of the molecule is CC(Sc1nccc(=O)[nH]1)C(=O)NCc1ccccc1. The van der Waals surface area contributed by atoms with E-state index < -0.39 is 0 Å². The maximum absolute atomic E-state index is 12.0. The molecule has 0 saturated carbocycles. The number of carbonyl (C=O) groups excluding carboxylic acids is 1. The van der Waals surface area contributed by atoms with Crippen LogP contribution in [0.5, 0.6) is 0 Å². The van der Waals surface area contributed by atoms with Gasteiger partial charge in [-0.2, -0.15) is 0 Å². The zero-order valence-corrected chi connectivity index (χ0v) is 11.8. The molecule has 2 N–H and O–H groups in total. The Kier molecular flexibility index (Phi) is 4.95. The summed E-state index contributed by atoms with van der Waals surface area (Å²) in [4.78, 5) is 29.7. The van der Waals surface area contributed by atoms with Crippen LogP contribution in [0.3, 0.4) is 0 Å². The Morgan fingerprint density at radius 3 is 2.80 bits per heavy atom. The van der Waals surface area contributed by atoms with Crippen LogP contribution in [0.15, 0.2) is 52.5 Å². The summed E-state index contributed by atoms with van der Waals surface area (Å²) in [5.74, 6) is -0.0923. The van der Waals surface area contributed by atoms with Gasteiger partial charge in [0.1, 0.15) is 0 Å². The van der Waals surface area contributed by atoms with Gasteiger partial charge in [-0.3, -0.25) is 9.59 Å². The van der Waals surface area contributed by atoms with Gasteiger partial charge in [-0.1, -0.05) is 42.1 Å². The van der Waals surface area contributed by atoms with Crippen molar-refractivity contribution >= 4 is 17.7 Å². The average molecular weight is 289 g/mol. The fraction of sp³-hybridized carbons (Fsp3) is 0.214. The highest BCUT2D eigenvalue weighted by Gasteiger charge is 2.15. The lowest BCUT2D eigenvalue weighted by molar-refractivity contribution is -0.120. The number of carbonyl (C=O) groups is 1. The Labute approximate surface area is 120 Å². The van der Waals surface area contributed by atoms with Gasteiger partial charge in [-0.25, -0.2) is 4.98 Å². The van der Waals surface area contributed by atoms with E-state index in [4.69, 9.17) is 0 Å². The molecule has 2 rings (SSSR count). The second kappa shape index (κ2) is 6.91. The molecule has 6 heteroatoms. The van der Waals surface area contributed by atoms with Crippen LogP contribution in [0, 0.1) is 0 Å². The third-order valence-corrected chi connectivity index (χ3v) is 3.61. The number of aromatic amines is 1. The number of hydrogen-bond donors (Lipinski definition) is 2. The number of nitrogens with zero attached hydrogens (tertiary/aromatic N) is 1. The van der Waals surface area contributed by atoms with Crippen LogP contribution >= 0.6 is 11.8 Å². The Bertz CT molecular complexity index is 628. The standard InChI is InChI=1S/C14H15N3O2S/c1-10(20-14-15-8-7-12(18)17-14)13(19)16-9-11-5-3-2-4-6-11/h2-8,10H,9H2,1H3,(H,16,19)(H,15,17,18). The Morgan fingerprint density at radius 2 is 2.10 bits per heavy atom. The maximum Gasteiger partial charge on any atom is 0.251 e. The van der Waals surface area contributed by atoms with Crippen LogP contribution in [-0.2, 0) is 11.3 Å². The number of rotatable bonds is 5. The zero-order chi connectivity index (χ0) is 14.4. The number of H-pyrrole nitrogens is 1. The van der Waals surface area contributed by atoms with Gasteiger partial charge in [-0.15, -0.1) is 0 Å². The average Bonchev–Trinajstić information content (AvgIpc) is 2.46. The molecule has 0 spiro atoms. The van der Waals surface area contributed by atoms with Crippen LogP contribution in [0.4, 0.5) is 0 Å². The molecule has 1 heterocycles. The van der Waals surface area contributed by atoms with E-state index in [9.17, 15) is 9.59 Å². The van der Waals surface area contributed by atoms with Gasteiger partial charge < -0.3 is 10.3 Å². The normalized spacial score (nSPS) is 11.8. The Balaban J connectivity index is 1.87. The first-order chi connectivity index (χ1) is 9.65. The Hall–Kier alpha value is -2.08. The number of hydrogen-bond acceptors (Lipinski definition) is 4. The fourth-order valence-corrected chi connectivity index (χ4v) is 2.37. The van der Waals surface area contributed by atoms with Crippen LogP contribution < -0.4 is 10.9 Å². The van der Waals surface area contributed by atoms with Crippen molar-refractivity contribution in [1.82, 2.24) is 15.3 Å². The largest absolute Gasteiger partial charge is 0.351 e. The monoisotopic (exact) mass is 289 g/mol. The smallest absolute Gasteiger partial charge is 0.251 e. The molecule has 0 bridgehead atoms. The van der Waals surface area contributed by atoms with Gasteiger partial charge in [0.2, 0.25) is 5.91 Å². The minimum atomic E-state index is -0.329. The number of thioether (sulfide) groups is 1. The molecule has 1 unspecified atom stereocenters. The Morgan fingerprint density at radius 1 is 1.35 bits per heavy atom. The number of nitrogens with one attached hydrogen (secondary N) is 2. The molecule has 0 aliphatic carbocycles. The third-order valence-electron chi connectivity index (χ3n) is 2.62. The molecule has 1 amide bonds. The quantitative estimate of drug-likeness (QED) is 0.647. The van der Waals surface area contributed by atoms with Gasteiger partial charge in [-0.05, 0) is 12.5 Å². The van der Waals surface area contributed by atoms with E-state index in [0.717, 1.165) is 5.56 Å². The predicted molar refractivity (Wildman–Crippen MR) is 78.5 cm³/mol. The predicted octanol–water partition coefficient (Wildman–Crippen LogP) is 1.57. The highest BCUT2D eigenvalue weighted by atomic mass is 32.2.